The van der Waals surface area contributed by atoms with Crippen LogP contribution in [-0.4, -0.2) is 60.9 Å². The van der Waals surface area contributed by atoms with Crippen LogP contribution in [0.5, 0.6) is 11.5 Å². The van der Waals surface area contributed by atoms with Crippen LogP contribution in [0, 0.1) is 26.6 Å². The lowest BCUT2D eigenvalue weighted by Crippen LogP contribution is -2.31. The average molecular weight is 642 g/mol. The number of nitrogens with zero attached hydrogens (tertiary/aromatic N) is 3. The van der Waals surface area contributed by atoms with Gasteiger partial charge in [-0.25, -0.2) is 14.2 Å². The zero-order valence-electron chi connectivity index (χ0n) is 27.7. The zero-order valence-corrected chi connectivity index (χ0v) is 27.7. The maximum absolute atomic E-state index is 14.7. The molecule has 1 aromatic heterocycles. The molecule has 5 rings (SSSR count). The molecule has 0 radical (unpaired) electrons. The highest BCUT2D eigenvalue weighted by Crippen LogP contribution is 2.33. The quantitative estimate of drug-likeness (QED) is 0.142. The number of anilines is 3. The van der Waals surface area contributed by atoms with E-state index in [1.54, 1.807) is 25.3 Å². The van der Waals surface area contributed by atoms with E-state index >= 15 is 0 Å². The van der Waals surface area contributed by atoms with Crippen LogP contribution in [0.1, 0.15) is 47.9 Å². The average Bonchev–Trinajstić information content (AvgIpc) is 3.07. The number of halogens is 1. The minimum atomic E-state index is -0.639. The van der Waals surface area contributed by atoms with E-state index in [2.05, 4.69) is 58.4 Å². The number of hydrogen-bond acceptors (Lipinski definition) is 8. The van der Waals surface area contributed by atoms with E-state index in [9.17, 15) is 9.18 Å². The number of benzene rings is 3. The minimum absolute atomic E-state index is 0.164. The first-order chi connectivity index (χ1) is 22.8. The fraction of sp³-hybridized carbons (Fsp3) is 0.378. The Labute approximate surface area is 276 Å². The third kappa shape index (κ3) is 9.19. The number of piperidine rings is 1. The van der Waals surface area contributed by atoms with Crippen LogP contribution >= 0.6 is 0 Å². The van der Waals surface area contributed by atoms with Gasteiger partial charge in [0.2, 0.25) is 5.95 Å². The van der Waals surface area contributed by atoms with Gasteiger partial charge in [-0.2, -0.15) is 4.98 Å². The van der Waals surface area contributed by atoms with Gasteiger partial charge in [-0.15, -0.1) is 0 Å². The maximum Gasteiger partial charge on any atom is 0.412 e. The first-order valence-electron chi connectivity index (χ1n) is 16.2. The molecule has 248 valence electrons. The highest BCUT2D eigenvalue weighted by molar-refractivity contribution is 5.83. The van der Waals surface area contributed by atoms with Gasteiger partial charge in [0.05, 0.1) is 20.3 Å². The van der Waals surface area contributed by atoms with Crippen molar-refractivity contribution in [1.29, 1.82) is 0 Å². The van der Waals surface area contributed by atoms with Crippen molar-refractivity contribution < 1.29 is 23.4 Å². The van der Waals surface area contributed by atoms with Crippen molar-refractivity contribution in [2.24, 2.45) is 0 Å². The fourth-order valence-corrected chi connectivity index (χ4v) is 5.76. The van der Waals surface area contributed by atoms with Crippen LogP contribution in [0.25, 0.3) is 11.1 Å². The normalized spacial score (nSPS) is 13.2. The van der Waals surface area contributed by atoms with E-state index < -0.39 is 11.9 Å². The van der Waals surface area contributed by atoms with E-state index in [1.807, 2.05) is 18.2 Å². The fourth-order valence-electron chi connectivity index (χ4n) is 5.76. The predicted molar refractivity (Wildman–Crippen MR) is 183 cm³/mol. The molecule has 3 aromatic carbocycles. The Morgan fingerprint density at radius 1 is 0.936 bits per heavy atom. The van der Waals surface area contributed by atoms with Crippen molar-refractivity contribution in [3.05, 3.63) is 88.9 Å². The Balaban J connectivity index is 1.12. The van der Waals surface area contributed by atoms with Crippen molar-refractivity contribution in [1.82, 2.24) is 14.9 Å². The number of aryl methyl sites for hydroxylation is 1. The number of carbonyl (C=O) groups excluding carboxylic acids is 1. The lowest BCUT2D eigenvalue weighted by molar-refractivity contribution is 0.163. The van der Waals surface area contributed by atoms with Gasteiger partial charge in [0.15, 0.2) is 11.6 Å². The van der Waals surface area contributed by atoms with Crippen molar-refractivity contribution in [2.75, 3.05) is 50.6 Å². The minimum Gasteiger partial charge on any atom is -0.497 e. The largest absolute Gasteiger partial charge is 0.497 e. The summed E-state index contributed by atoms with van der Waals surface area (Å²) < 4.78 is 31.4. The van der Waals surface area contributed by atoms with E-state index in [4.69, 9.17) is 14.2 Å². The number of nitrogens with one attached hydrogen (secondary N) is 2. The third-order valence-corrected chi connectivity index (χ3v) is 8.67. The summed E-state index contributed by atoms with van der Waals surface area (Å²) in [7, 11) is 1.65. The first kappa shape index (κ1) is 33.7. The van der Waals surface area contributed by atoms with Crippen molar-refractivity contribution in [3.8, 4) is 22.6 Å². The van der Waals surface area contributed by atoms with Gasteiger partial charge in [0.25, 0.3) is 0 Å². The lowest BCUT2D eigenvalue weighted by Gasteiger charge is -2.26. The number of likely N-dealkylation sites (tertiary alicyclic amines) is 1. The molecular weight excluding hydrogens is 597 g/mol. The molecule has 0 atom stereocenters. The Hall–Kier alpha value is -4.70. The Bertz CT molecular complexity index is 1680. The summed E-state index contributed by atoms with van der Waals surface area (Å²) in [5.41, 5.74) is 7.36. The van der Waals surface area contributed by atoms with Crippen LogP contribution in [0.4, 0.5) is 26.6 Å². The molecule has 10 heteroatoms. The molecule has 0 aliphatic carbocycles. The Morgan fingerprint density at radius 2 is 1.77 bits per heavy atom. The molecule has 2 N–H and O–H groups in total. The number of aromatic nitrogens is 2. The van der Waals surface area contributed by atoms with Gasteiger partial charge < -0.3 is 24.4 Å². The molecule has 1 fully saturated rings. The second-order valence-electron chi connectivity index (χ2n) is 11.9. The lowest BCUT2D eigenvalue weighted by atomic mass is 9.90. The zero-order chi connectivity index (χ0) is 33.2. The molecule has 9 nitrogen and oxygen atoms in total. The van der Waals surface area contributed by atoms with E-state index in [0.29, 0.717) is 18.7 Å². The highest BCUT2D eigenvalue weighted by atomic mass is 19.1. The van der Waals surface area contributed by atoms with Gasteiger partial charge in [0, 0.05) is 30.9 Å². The summed E-state index contributed by atoms with van der Waals surface area (Å²) in [5, 5.41) is 5.62. The molecule has 0 bridgehead atoms. The second kappa shape index (κ2) is 16.2. The number of carbonyl (C=O) groups is 1. The molecule has 4 aromatic rings. The smallest absolute Gasteiger partial charge is 0.412 e. The summed E-state index contributed by atoms with van der Waals surface area (Å²) in [6.07, 6.45) is 6.02. The summed E-state index contributed by atoms with van der Waals surface area (Å²) >= 11 is 0. The number of methoxy groups -OCH3 is 1. The molecular formula is C37H44FN5O4. The predicted octanol–water partition coefficient (Wildman–Crippen LogP) is 8.01. The van der Waals surface area contributed by atoms with Crippen molar-refractivity contribution >= 4 is 23.5 Å². The molecule has 1 amide bonds. The topological polar surface area (TPSA) is 97.8 Å². The van der Waals surface area contributed by atoms with Crippen LogP contribution < -0.4 is 20.1 Å². The van der Waals surface area contributed by atoms with Gasteiger partial charge >= 0.3 is 6.09 Å². The van der Waals surface area contributed by atoms with E-state index in [1.165, 1.54) is 48.2 Å². The van der Waals surface area contributed by atoms with Crippen LogP contribution in [0.2, 0.25) is 0 Å². The van der Waals surface area contributed by atoms with E-state index in [-0.39, 0.29) is 24.1 Å². The number of hydrogen-bond donors (Lipinski definition) is 2. The molecule has 1 aliphatic rings. The SMILES string of the molecule is COc1ccc(CCOC(=O)Nc2ccnc(Nc3ccc(OCCCN4CCCCC4)c(F)c3)n2)c(-c2ccc(C)c(C)c2C)c1. The molecule has 0 unspecified atom stereocenters. The molecule has 0 saturated carbocycles. The van der Waals surface area contributed by atoms with Crippen LogP contribution in [0.3, 0.4) is 0 Å². The summed E-state index contributed by atoms with van der Waals surface area (Å²) in [4.78, 5) is 23.6. The number of ether oxygens (including phenoxy) is 3. The van der Waals surface area contributed by atoms with Gasteiger partial charge in [-0.1, -0.05) is 24.6 Å². The second-order valence-corrected chi connectivity index (χ2v) is 11.9. The standard InChI is InChI=1S/C37H44FN5O4/c1-25-9-13-31(27(3)26(25)2)32-24-30(45-4)12-10-28(32)16-22-47-37(44)42-35-15-17-39-36(41-35)40-29-11-14-34(33(38)23-29)46-21-8-20-43-18-6-5-7-19-43/h9-15,17,23-24H,5-8,16,18-22H2,1-4H3,(H2,39,40,41,42,44). The van der Waals surface area contributed by atoms with Gasteiger partial charge in [0.1, 0.15) is 11.6 Å². The van der Waals surface area contributed by atoms with Crippen molar-refractivity contribution in [3.63, 3.8) is 0 Å². The van der Waals surface area contributed by atoms with Crippen molar-refractivity contribution in [2.45, 2.75) is 52.9 Å². The van der Waals surface area contributed by atoms with E-state index in [0.717, 1.165) is 48.5 Å². The third-order valence-electron chi connectivity index (χ3n) is 8.67. The number of amides is 1. The van der Waals surface area contributed by atoms with Crippen LogP contribution in [-0.2, 0) is 11.2 Å². The first-order valence-corrected chi connectivity index (χ1v) is 16.2. The van der Waals surface area contributed by atoms with Gasteiger partial charge in [-0.3, -0.25) is 5.32 Å². The summed E-state index contributed by atoms with van der Waals surface area (Å²) in [5.74, 6) is 0.943. The molecule has 47 heavy (non-hydrogen) atoms. The molecule has 1 saturated heterocycles. The molecule has 1 aliphatic heterocycles. The maximum atomic E-state index is 14.7. The molecule has 2 heterocycles. The molecule has 0 spiro atoms. The summed E-state index contributed by atoms with van der Waals surface area (Å²) in [6, 6.07) is 16.4. The highest BCUT2D eigenvalue weighted by Gasteiger charge is 2.14. The number of rotatable bonds is 13. The van der Waals surface area contributed by atoms with Crippen LogP contribution in [0.15, 0.2) is 60.8 Å². The monoisotopic (exact) mass is 641 g/mol. The summed E-state index contributed by atoms with van der Waals surface area (Å²) in [6.45, 7) is 10.2. The Morgan fingerprint density at radius 3 is 2.55 bits per heavy atom. The van der Waals surface area contributed by atoms with Gasteiger partial charge in [-0.05, 0) is 117 Å². The Kier molecular flexibility index (Phi) is 11.6.